The van der Waals surface area contributed by atoms with Gasteiger partial charge in [-0.2, -0.15) is 0 Å². The molecule has 0 aliphatic heterocycles. The third kappa shape index (κ3) is 3.32. The lowest BCUT2D eigenvalue weighted by Crippen LogP contribution is -2.06. The highest BCUT2D eigenvalue weighted by Crippen LogP contribution is 2.30. The Kier molecular flexibility index (Phi) is 4.18. The summed E-state index contributed by atoms with van der Waals surface area (Å²) in [4.78, 5) is 6.56. The van der Waals surface area contributed by atoms with Gasteiger partial charge in [0.2, 0.25) is 0 Å². The number of hydrogen-bond donors (Lipinski definition) is 1. The van der Waals surface area contributed by atoms with Gasteiger partial charge in [0, 0.05) is 28.7 Å². The van der Waals surface area contributed by atoms with Gasteiger partial charge in [0.25, 0.3) is 0 Å². The van der Waals surface area contributed by atoms with Gasteiger partial charge >= 0.3 is 0 Å². The lowest BCUT2D eigenvalue weighted by molar-refractivity contribution is 0.802. The second-order valence-electron chi connectivity index (χ2n) is 3.93. The maximum atomic E-state index is 4.03. The van der Waals surface area contributed by atoms with Gasteiger partial charge in [0.15, 0.2) is 0 Å². The highest BCUT2D eigenvalue weighted by molar-refractivity contribution is 7.99. The van der Waals surface area contributed by atoms with Crippen molar-refractivity contribution < 1.29 is 0 Å². The fourth-order valence-electron chi connectivity index (χ4n) is 1.67. The summed E-state index contributed by atoms with van der Waals surface area (Å²) in [5.41, 5.74) is 2.64. The van der Waals surface area contributed by atoms with Crippen LogP contribution in [-0.4, -0.2) is 12.0 Å². The van der Waals surface area contributed by atoms with Gasteiger partial charge in [-0.15, -0.1) is 0 Å². The van der Waals surface area contributed by atoms with Crippen LogP contribution in [0.2, 0.25) is 0 Å². The van der Waals surface area contributed by atoms with Crippen LogP contribution in [0.15, 0.2) is 52.5 Å². The predicted octanol–water partition coefficient (Wildman–Crippen LogP) is 3.26. The van der Waals surface area contributed by atoms with Crippen molar-refractivity contribution in [1.82, 2.24) is 10.3 Å². The van der Waals surface area contributed by atoms with Crippen LogP contribution in [-0.2, 0) is 6.54 Å². The standard InChI is InChI=1S/C14H16N2S/c1-11-3-4-14(12(9-11)10-15-2)17-13-5-7-16-8-6-13/h3-9,15H,10H2,1-2H3. The average molecular weight is 244 g/mol. The Morgan fingerprint density at radius 3 is 2.65 bits per heavy atom. The second kappa shape index (κ2) is 5.84. The molecule has 1 aromatic heterocycles. The van der Waals surface area contributed by atoms with E-state index in [9.17, 15) is 0 Å². The van der Waals surface area contributed by atoms with Gasteiger partial charge in [0.1, 0.15) is 0 Å². The van der Waals surface area contributed by atoms with Crippen LogP contribution in [0.4, 0.5) is 0 Å². The molecule has 0 amide bonds. The van der Waals surface area contributed by atoms with Gasteiger partial charge in [-0.05, 0) is 37.7 Å². The smallest absolute Gasteiger partial charge is 0.0279 e. The maximum absolute atomic E-state index is 4.03. The summed E-state index contributed by atoms with van der Waals surface area (Å²) >= 11 is 1.78. The largest absolute Gasteiger partial charge is 0.316 e. The van der Waals surface area contributed by atoms with E-state index in [0.29, 0.717) is 0 Å². The van der Waals surface area contributed by atoms with Gasteiger partial charge < -0.3 is 5.32 Å². The maximum Gasteiger partial charge on any atom is 0.0279 e. The quantitative estimate of drug-likeness (QED) is 0.893. The number of hydrogen-bond acceptors (Lipinski definition) is 3. The molecule has 0 atom stereocenters. The molecule has 2 nitrogen and oxygen atoms in total. The number of aryl methyl sites for hydroxylation is 1. The minimum atomic E-state index is 0.898. The average Bonchev–Trinajstić information content (AvgIpc) is 2.34. The molecule has 88 valence electrons. The fraction of sp³-hybridized carbons (Fsp3) is 0.214. The van der Waals surface area contributed by atoms with Gasteiger partial charge in [-0.25, -0.2) is 0 Å². The number of nitrogens with one attached hydrogen (secondary N) is 1. The van der Waals surface area contributed by atoms with Crippen molar-refractivity contribution in [3.8, 4) is 0 Å². The van der Waals surface area contributed by atoms with Crippen molar-refractivity contribution in [2.75, 3.05) is 7.05 Å². The molecule has 0 unspecified atom stereocenters. The zero-order valence-electron chi connectivity index (χ0n) is 10.1. The van der Waals surface area contributed by atoms with Crippen LogP contribution < -0.4 is 5.32 Å². The first-order valence-corrected chi connectivity index (χ1v) is 6.43. The van der Waals surface area contributed by atoms with E-state index in [2.05, 4.69) is 35.4 Å². The first-order chi connectivity index (χ1) is 8.29. The summed E-state index contributed by atoms with van der Waals surface area (Å²) in [6.07, 6.45) is 3.66. The molecule has 17 heavy (non-hydrogen) atoms. The van der Waals surface area contributed by atoms with Gasteiger partial charge in [-0.1, -0.05) is 29.5 Å². The first-order valence-electron chi connectivity index (χ1n) is 5.61. The molecule has 2 rings (SSSR count). The number of nitrogens with zero attached hydrogens (tertiary/aromatic N) is 1. The van der Waals surface area contributed by atoms with Crippen molar-refractivity contribution in [3.63, 3.8) is 0 Å². The lowest BCUT2D eigenvalue weighted by Gasteiger charge is -2.09. The molecule has 1 aromatic carbocycles. The fourth-order valence-corrected chi connectivity index (χ4v) is 2.58. The summed E-state index contributed by atoms with van der Waals surface area (Å²) in [6, 6.07) is 10.6. The summed E-state index contributed by atoms with van der Waals surface area (Å²) in [6.45, 7) is 3.02. The van der Waals surface area contributed by atoms with Gasteiger partial charge in [-0.3, -0.25) is 4.98 Å². The summed E-state index contributed by atoms with van der Waals surface area (Å²) in [5.74, 6) is 0. The third-order valence-corrected chi connectivity index (χ3v) is 3.59. The Morgan fingerprint density at radius 2 is 1.94 bits per heavy atom. The van der Waals surface area contributed by atoms with E-state index in [1.54, 1.807) is 11.8 Å². The Labute approximate surface area is 106 Å². The summed E-state index contributed by atoms with van der Waals surface area (Å²) < 4.78 is 0. The van der Waals surface area contributed by atoms with Crippen molar-refractivity contribution in [2.24, 2.45) is 0 Å². The van der Waals surface area contributed by atoms with Crippen LogP contribution in [0.5, 0.6) is 0 Å². The number of rotatable bonds is 4. The van der Waals surface area contributed by atoms with Gasteiger partial charge in [0.05, 0.1) is 0 Å². The van der Waals surface area contributed by atoms with E-state index in [1.165, 1.54) is 20.9 Å². The molecule has 0 saturated heterocycles. The molecule has 0 bridgehead atoms. The van der Waals surface area contributed by atoms with Crippen LogP contribution in [0.3, 0.4) is 0 Å². The minimum Gasteiger partial charge on any atom is -0.316 e. The summed E-state index contributed by atoms with van der Waals surface area (Å²) in [5, 5.41) is 3.21. The van der Waals surface area contributed by atoms with E-state index in [1.807, 2.05) is 31.6 Å². The lowest BCUT2D eigenvalue weighted by atomic mass is 10.1. The van der Waals surface area contributed by atoms with Crippen LogP contribution in [0.25, 0.3) is 0 Å². The molecule has 0 spiro atoms. The molecule has 0 saturated carbocycles. The van der Waals surface area contributed by atoms with Crippen LogP contribution in [0.1, 0.15) is 11.1 Å². The molecule has 1 N–H and O–H groups in total. The molecule has 3 heteroatoms. The summed E-state index contributed by atoms with van der Waals surface area (Å²) in [7, 11) is 1.98. The molecule has 0 aliphatic carbocycles. The van der Waals surface area contributed by atoms with Crippen molar-refractivity contribution >= 4 is 11.8 Å². The van der Waals surface area contributed by atoms with Crippen LogP contribution >= 0.6 is 11.8 Å². The number of aromatic nitrogens is 1. The predicted molar refractivity (Wildman–Crippen MR) is 72.3 cm³/mol. The molecular formula is C14H16N2S. The molecule has 2 aromatic rings. The number of pyridine rings is 1. The third-order valence-electron chi connectivity index (χ3n) is 2.46. The van der Waals surface area contributed by atoms with E-state index < -0.39 is 0 Å². The SMILES string of the molecule is CNCc1cc(C)ccc1Sc1ccncc1. The topological polar surface area (TPSA) is 24.9 Å². The normalized spacial score (nSPS) is 10.5. The molecule has 1 heterocycles. The second-order valence-corrected chi connectivity index (χ2v) is 5.04. The number of benzene rings is 1. The molecule has 0 radical (unpaired) electrons. The Hall–Kier alpha value is -1.32. The van der Waals surface area contributed by atoms with E-state index >= 15 is 0 Å². The van der Waals surface area contributed by atoms with Crippen LogP contribution in [0, 0.1) is 6.92 Å². The Balaban J connectivity index is 2.26. The van der Waals surface area contributed by atoms with E-state index in [0.717, 1.165) is 6.54 Å². The van der Waals surface area contributed by atoms with Crippen molar-refractivity contribution in [2.45, 2.75) is 23.3 Å². The monoisotopic (exact) mass is 244 g/mol. The zero-order valence-corrected chi connectivity index (χ0v) is 10.9. The Morgan fingerprint density at radius 1 is 1.18 bits per heavy atom. The zero-order chi connectivity index (χ0) is 12.1. The molecule has 0 fully saturated rings. The molecular weight excluding hydrogens is 228 g/mol. The minimum absolute atomic E-state index is 0.898. The van der Waals surface area contributed by atoms with E-state index in [-0.39, 0.29) is 0 Å². The van der Waals surface area contributed by atoms with Crippen molar-refractivity contribution in [3.05, 3.63) is 53.9 Å². The highest BCUT2D eigenvalue weighted by atomic mass is 32.2. The first kappa shape index (κ1) is 12.1. The Bertz CT molecular complexity index is 483. The van der Waals surface area contributed by atoms with E-state index in [4.69, 9.17) is 0 Å². The molecule has 0 aliphatic rings. The van der Waals surface area contributed by atoms with Crippen molar-refractivity contribution in [1.29, 1.82) is 0 Å². The highest BCUT2D eigenvalue weighted by Gasteiger charge is 2.04.